The topological polar surface area (TPSA) is 67.9 Å². The van der Waals surface area contributed by atoms with Crippen LogP contribution in [0.15, 0.2) is 18.2 Å². The number of nitrogens with one attached hydrogen (secondary N) is 1. The van der Waals surface area contributed by atoms with Crippen LogP contribution in [0, 0.1) is 5.92 Å². The summed E-state index contributed by atoms with van der Waals surface area (Å²) in [6, 6.07) is 5.54. The van der Waals surface area contributed by atoms with Crippen molar-refractivity contribution in [2.45, 2.75) is 45.4 Å². The minimum Gasteiger partial charge on any atom is -0.493 e. The number of rotatable bonds is 9. The fraction of sp³-hybridized carbons (Fsp3) is 0.619. The average Bonchev–Trinajstić information content (AvgIpc) is 2.71. The molecule has 1 aliphatic heterocycles. The standard InChI is InChI=1S/C21H32N2O4/c1-4-5-6-11-22-21(25)17-9-12-23(13-10-17)20(24)15-16-7-8-18(26-2)19(14-16)27-3/h7-8,14,17H,4-6,9-13,15H2,1-3H3,(H,22,25). The number of unbranched alkanes of at least 4 members (excludes halogenated alkanes) is 2. The van der Waals surface area contributed by atoms with Crippen LogP contribution in [0.25, 0.3) is 0 Å². The van der Waals surface area contributed by atoms with Crippen LogP contribution in [0.1, 0.15) is 44.6 Å². The third-order valence-electron chi connectivity index (χ3n) is 5.10. The Hall–Kier alpha value is -2.24. The van der Waals surface area contributed by atoms with Crippen molar-refractivity contribution in [2.75, 3.05) is 33.9 Å². The number of piperidine rings is 1. The van der Waals surface area contributed by atoms with E-state index in [4.69, 9.17) is 9.47 Å². The summed E-state index contributed by atoms with van der Waals surface area (Å²) in [5, 5.41) is 3.03. The highest BCUT2D eigenvalue weighted by Gasteiger charge is 2.27. The first-order valence-electron chi connectivity index (χ1n) is 9.85. The molecule has 2 amide bonds. The molecule has 0 radical (unpaired) electrons. The molecule has 1 aliphatic rings. The van der Waals surface area contributed by atoms with Gasteiger partial charge in [0.05, 0.1) is 20.6 Å². The molecule has 1 aromatic carbocycles. The molecular weight excluding hydrogens is 344 g/mol. The maximum Gasteiger partial charge on any atom is 0.226 e. The Morgan fingerprint density at radius 2 is 1.81 bits per heavy atom. The van der Waals surface area contributed by atoms with Gasteiger partial charge in [0.15, 0.2) is 11.5 Å². The van der Waals surface area contributed by atoms with Crippen molar-refractivity contribution in [2.24, 2.45) is 5.92 Å². The van der Waals surface area contributed by atoms with Crippen LogP contribution in [0.2, 0.25) is 0 Å². The van der Waals surface area contributed by atoms with Crippen molar-refractivity contribution in [3.8, 4) is 11.5 Å². The third kappa shape index (κ3) is 6.15. The fourth-order valence-corrected chi connectivity index (χ4v) is 3.40. The number of benzene rings is 1. The van der Waals surface area contributed by atoms with Gasteiger partial charge in [-0.1, -0.05) is 25.8 Å². The summed E-state index contributed by atoms with van der Waals surface area (Å²) >= 11 is 0. The Morgan fingerprint density at radius 3 is 2.44 bits per heavy atom. The normalized spacial score (nSPS) is 14.7. The highest BCUT2D eigenvalue weighted by atomic mass is 16.5. The average molecular weight is 376 g/mol. The summed E-state index contributed by atoms with van der Waals surface area (Å²) in [7, 11) is 3.17. The lowest BCUT2D eigenvalue weighted by molar-refractivity contribution is -0.135. The molecule has 1 fully saturated rings. The van der Waals surface area contributed by atoms with E-state index in [1.807, 2.05) is 23.1 Å². The van der Waals surface area contributed by atoms with E-state index < -0.39 is 0 Å². The van der Waals surface area contributed by atoms with Crippen LogP contribution >= 0.6 is 0 Å². The van der Waals surface area contributed by atoms with Crippen molar-refractivity contribution < 1.29 is 19.1 Å². The van der Waals surface area contributed by atoms with E-state index >= 15 is 0 Å². The zero-order chi connectivity index (χ0) is 19.6. The molecule has 0 unspecified atom stereocenters. The molecule has 0 spiro atoms. The van der Waals surface area contributed by atoms with Gasteiger partial charge in [0.1, 0.15) is 0 Å². The molecular formula is C21H32N2O4. The van der Waals surface area contributed by atoms with Crippen molar-refractivity contribution in [1.82, 2.24) is 10.2 Å². The van der Waals surface area contributed by atoms with E-state index in [1.165, 1.54) is 0 Å². The fourth-order valence-electron chi connectivity index (χ4n) is 3.40. The molecule has 0 saturated carbocycles. The molecule has 6 heteroatoms. The molecule has 1 aromatic rings. The molecule has 1 heterocycles. The molecule has 1 N–H and O–H groups in total. The van der Waals surface area contributed by atoms with Crippen molar-refractivity contribution in [3.05, 3.63) is 23.8 Å². The third-order valence-corrected chi connectivity index (χ3v) is 5.10. The van der Waals surface area contributed by atoms with E-state index in [9.17, 15) is 9.59 Å². The molecule has 27 heavy (non-hydrogen) atoms. The van der Waals surface area contributed by atoms with Crippen LogP contribution < -0.4 is 14.8 Å². The van der Waals surface area contributed by atoms with Gasteiger partial charge in [0, 0.05) is 25.6 Å². The van der Waals surface area contributed by atoms with Gasteiger partial charge in [0.2, 0.25) is 11.8 Å². The van der Waals surface area contributed by atoms with Gasteiger partial charge in [-0.15, -0.1) is 0 Å². The Labute approximate surface area is 162 Å². The van der Waals surface area contributed by atoms with E-state index in [0.29, 0.717) is 31.0 Å². The number of carbonyl (C=O) groups excluding carboxylic acids is 2. The number of methoxy groups -OCH3 is 2. The van der Waals surface area contributed by atoms with Gasteiger partial charge in [0.25, 0.3) is 0 Å². The van der Waals surface area contributed by atoms with Crippen LogP contribution in [0.5, 0.6) is 11.5 Å². The van der Waals surface area contributed by atoms with Crippen molar-refractivity contribution in [1.29, 1.82) is 0 Å². The lowest BCUT2D eigenvalue weighted by atomic mass is 9.95. The summed E-state index contributed by atoms with van der Waals surface area (Å²) in [6.45, 7) is 4.18. The summed E-state index contributed by atoms with van der Waals surface area (Å²) < 4.78 is 10.5. The first-order valence-corrected chi connectivity index (χ1v) is 9.85. The number of ether oxygens (including phenoxy) is 2. The summed E-state index contributed by atoms with van der Waals surface area (Å²) in [6.07, 6.45) is 5.12. The number of carbonyl (C=O) groups is 2. The highest BCUT2D eigenvalue weighted by molar-refractivity contribution is 5.81. The van der Waals surface area contributed by atoms with Crippen LogP contribution in [-0.2, 0) is 16.0 Å². The number of hydrogen-bond acceptors (Lipinski definition) is 4. The van der Waals surface area contributed by atoms with E-state index in [0.717, 1.165) is 44.2 Å². The molecule has 0 bridgehead atoms. The van der Waals surface area contributed by atoms with Gasteiger partial charge in [-0.25, -0.2) is 0 Å². The SMILES string of the molecule is CCCCCNC(=O)C1CCN(C(=O)Cc2ccc(OC)c(OC)c2)CC1. The van der Waals surface area contributed by atoms with Gasteiger partial charge < -0.3 is 19.7 Å². The number of hydrogen-bond donors (Lipinski definition) is 1. The second-order valence-electron chi connectivity index (χ2n) is 7.02. The lowest BCUT2D eigenvalue weighted by Crippen LogP contribution is -2.43. The van der Waals surface area contributed by atoms with Gasteiger partial charge in [-0.05, 0) is 37.0 Å². The molecule has 0 aromatic heterocycles. The second-order valence-corrected chi connectivity index (χ2v) is 7.02. The summed E-state index contributed by atoms with van der Waals surface area (Å²) in [5.74, 6) is 1.53. The van der Waals surface area contributed by atoms with Gasteiger partial charge in [-0.2, -0.15) is 0 Å². The highest BCUT2D eigenvalue weighted by Crippen LogP contribution is 2.28. The zero-order valence-electron chi connectivity index (χ0n) is 16.8. The van der Waals surface area contributed by atoms with E-state index in [-0.39, 0.29) is 17.7 Å². The van der Waals surface area contributed by atoms with Crippen LogP contribution in [0.3, 0.4) is 0 Å². The van der Waals surface area contributed by atoms with Gasteiger partial charge in [-0.3, -0.25) is 9.59 Å². The predicted octanol–water partition coefficient (Wildman–Crippen LogP) is 2.79. The molecule has 0 atom stereocenters. The Balaban J connectivity index is 1.80. The summed E-state index contributed by atoms with van der Waals surface area (Å²) in [5.41, 5.74) is 0.897. The van der Waals surface area contributed by atoms with E-state index in [2.05, 4.69) is 12.2 Å². The largest absolute Gasteiger partial charge is 0.493 e. The van der Waals surface area contributed by atoms with Gasteiger partial charge >= 0.3 is 0 Å². The molecule has 6 nitrogen and oxygen atoms in total. The lowest BCUT2D eigenvalue weighted by Gasteiger charge is -2.31. The minimum atomic E-state index is 0.0248. The van der Waals surface area contributed by atoms with Crippen LogP contribution in [0.4, 0.5) is 0 Å². The minimum absolute atomic E-state index is 0.0248. The van der Waals surface area contributed by atoms with Crippen molar-refractivity contribution >= 4 is 11.8 Å². The smallest absolute Gasteiger partial charge is 0.226 e. The monoisotopic (exact) mass is 376 g/mol. The Kier molecular flexibility index (Phi) is 8.43. The number of amides is 2. The zero-order valence-corrected chi connectivity index (χ0v) is 16.8. The maximum atomic E-state index is 12.6. The molecule has 150 valence electrons. The van der Waals surface area contributed by atoms with Crippen LogP contribution in [-0.4, -0.2) is 50.6 Å². The van der Waals surface area contributed by atoms with E-state index in [1.54, 1.807) is 14.2 Å². The van der Waals surface area contributed by atoms with Crippen molar-refractivity contribution in [3.63, 3.8) is 0 Å². The molecule has 2 rings (SSSR count). The predicted molar refractivity (Wildman–Crippen MR) is 105 cm³/mol. The Bertz CT molecular complexity index is 625. The molecule has 1 saturated heterocycles. The number of likely N-dealkylation sites (tertiary alicyclic amines) is 1. The maximum absolute atomic E-state index is 12.6. The first kappa shape index (κ1) is 21.1. The first-order chi connectivity index (χ1) is 13.1. The number of nitrogens with zero attached hydrogens (tertiary/aromatic N) is 1. The second kappa shape index (κ2) is 10.8. The summed E-state index contributed by atoms with van der Waals surface area (Å²) in [4.78, 5) is 26.7. The molecule has 0 aliphatic carbocycles. The quantitative estimate of drug-likeness (QED) is 0.673. The Morgan fingerprint density at radius 1 is 1.11 bits per heavy atom.